The lowest BCUT2D eigenvalue weighted by Crippen LogP contribution is -2.50. The maximum Gasteiger partial charge on any atom is 0.317 e. The molecular formula is C15H19N5O. The molecule has 2 aromatic rings. The molecule has 1 N–H and O–H groups in total. The van der Waals surface area contributed by atoms with E-state index in [1.54, 1.807) is 11.0 Å². The van der Waals surface area contributed by atoms with Crippen molar-refractivity contribution in [2.45, 2.75) is 25.4 Å². The number of aromatic nitrogens is 3. The molecule has 0 radical (unpaired) electrons. The van der Waals surface area contributed by atoms with Gasteiger partial charge in [-0.25, -0.2) is 9.78 Å². The Labute approximate surface area is 123 Å². The van der Waals surface area contributed by atoms with Gasteiger partial charge in [-0.15, -0.1) is 0 Å². The summed E-state index contributed by atoms with van der Waals surface area (Å²) in [7, 11) is 0. The van der Waals surface area contributed by atoms with E-state index in [-0.39, 0.29) is 12.1 Å². The molecule has 0 unspecified atom stereocenters. The van der Waals surface area contributed by atoms with Crippen molar-refractivity contribution in [2.75, 3.05) is 13.1 Å². The number of nitrogens with zero attached hydrogens (tertiary/aromatic N) is 4. The second kappa shape index (κ2) is 6.39. The monoisotopic (exact) mass is 285 g/mol. The maximum atomic E-state index is 12.2. The van der Waals surface area contributed by atoms with Crippen LogP contribution in [0.1, 0.15) is 24.4 Å². The zero-order valence-electron chi connectivity index (χ0n) is 11.9. The summed E-state index contributed by atoms with van der Waals surface area (Å²) >= 11 is 0. The number of likely N-dealkylation sites (tertiary alicyclic amines) is 1. The van der Waals surface area contributed by atoms with Crippen LogP contribution >= 0.6 is 0 Å². The fourth-order valence-electron chi connectivity index (χ4n) is 2.54. The van der Waals surface area contributed by atoms with Crippen molar-refractivity contribution in [2.24, 2.45) is 0 Å². The zero-order valence-corrected chi connectivity index (χ0v) is 11.9. The van der Waals surface area contributed by atoms with Crippen LogP contribution in [-0.2, 0) is 6.54 Å². The predicted molar refractivity (Wildman–Crippen MR) is 78.5 cm³/mol. The molecule has 1 atom stereocenters. The van der Waals surface area contributed by atoms with Crippen LogP contribution in [-0.4, -0.2) is 38.8 Å². The Bertz CT molecular complexity index is 569. The van der Waals surface area contributed by atoms with Crippen molar-refractivity contribution in [1.29, 1.82) is 0 Å². The molecule has 1 aromatic carbocycles. The second-order valence-corrected chi connectivity index (χ2v) is 5.15. The molecule has 6 nitrogen and oxygen atoms in total. The van der Waals surface area contributed by atoms with E-state index in [1.807, 2.05) is 23.1 Å². The number of nitrogens with one attached hydrogen (secondary N) is 1. The van der Waals surface area contributed by atoms with Gasteiger partial charge in [0.2, 0.25) is 0 Å². The molecule has 0 aliphatic carbocycles. The molecule has 1 aromatic heterocycles. The molecule has 0 spiro atoms. The van der Waals surface area contributed by atoms with Crippen LogP contribution in [0.25, 0.3) is 0 Å². The minimum absolute atomic E-state index is 0.0219. The van der Waals surface area contributed by atoms with Crippen molar-refractivity contribution in [3.05, 3.63) is 48.5 Å². The number of carbonyl (C=O) groups excluding carboxylic acids is 1. The molecule has 21 heavy (non-hydrogen) atoms. The van der Waals surface area contributed by atoms with Crippen molar-refractivity contribution < 1.29 is 4.79 Å². The minimum Gasteiger partial charge on any atom is -0.338 e. The first-order chi connectivity index (χ1) is 10.3. The lowest BCUT2D eigenvalue weighted by molar-refractivity contribution is 0.115. The van der Waals surface area contributed by atoms with E-state index < -0.39 is 0 Å². The zero-order chi connectivity index (χ0) is 14.5. The molecular weight excluding hydrogens is 266 g/mol. The van der Waals surface area contributed by atoms with E-state index in [4.69, 9.17) is 0 Å². The highest BCUT2D eigenvalue weighted by molar-refractivity contribution is 5.75. The van der Waals surface area contributed by atoms with Crippen molar-refractivity contribution in [1.82, 2.24) is 25.0 Å². The summed E-state index contributed by atoms with van der Waals surface area (Å²) in [5.74, 6) is 0. The van der Waals surface area contributed by atoms with Crippen LogP contribution in [0.2, 0.25) is 0 Å². The Morgan fingerprint density at radius 3 is 2.86 bits per heavy atom. The predicted octanol–water partition coefficient (Wildman–Crippen LogP) is 1.82. The number of rotatable bonds is 5. The van der Waals surface area contributed by atoms with E-state index in [0.717, 1.165) is 25.9 Å². The van der Waals surface area contributed by atoms with Crippen LogP contribution in [0.15, 0.2) is 43.0 Å². The topological polar surface area (TPSA) is 63.1 Å². The number of amides is 2. The minimum atomic E-state index is 0.0219. The molecule has 2 heterocycles. The average Bonchev–Trinajstić information content (AvgIpc) is 2.97. The fourth-order valence-corrected chi connectivity index (χ4v) is 2.54. The van der Waals surface area contributed by atoms with Crippen molar-refractivity contribution in [3.63, 3.8) is 0 Å². The maximum absolute atomic E-state index is 12.2. The smallest absolute Gasteiger partial charge is 0.317 e. The summed E-state index contributed by atoms with van der Waals surface area (Å²) in [5.41, 5.74) is 1.21. The number of hydrogen-bond donors (Lipinski definition) is 1. The first-order valence-electron chi connectivity index (χ1n) is 7.26. The van der Waals surface area contributed by atoms with E-state index in [1.165, 1.54) is 11.9 Å². The van der Waals surface area contributed by atoms with Crippen molar-refractivity contribution in [3.8, 4) is 0 Å². The van der Waals surface area contributed by atoms with Crippen molar-refractivity contribution >= 4 is 6.03 Å². The molecule has 1 saturated heterocycles. The molecule has 2 amide bonds. The van der Waals surface area contributed by atoms with Crippen LogP contribution in [0.3, 0.4) is 0 Å². The van der Waals surface area contributed by atoms with Gasteiger partial charge >= 0.3 is 6.03 Å². The number of carbonyl (C=O) groups is 1. The van der Waals surface area contributed by atoms with Crippen LogP contribution in [0, 0.1) is 0 Å². The second-order valence-electron chi connectivity index (χ2n) is 5.15. The Morgan fingerprint density at radius 1 is 1.33 bits per heavy atom. The highest BCUT2D eigenvalue weighted by Crippen LogP contribution is 2.32. The first kappa shape index (κ1) is 13.6. The van der Waals surface area contributed by atoms with Gasteiger partial charge in [0.15, 0.2) is 0 Å². The summed E-state index contributed by atoms with van der Waals surface area (Å²) in [6, 6.07) is 10.4. The normalized spacial score (nSPS) is 17.3. The van der Waals surface area contributed by atoms with E-state index in [0.29, 0.717) is 6.54 Å². The average molecular weight is 285 g/mol. The Kier molecular flexibility index (Phi) is 4.14. The third kappa shape index (κ3) is 3.21. The van der Waals surface area contributed by atoms with Gasteiger partial charge in [-0.1, -0.05) is 30.3 Å². The van der Waals surface area contributed by atoms with Gasteiger partial charge in [0.25, 0.3) is 0 Å². The van der Waals surface area contributed by atoms with Crippen LogP contribution in [0.5, 0.6) is 0 Å². The van der Waals surface area contributed by atoms with E-state index in [2.05, 4.69) is 27.5 Å². The summed E-state index contributed by atoms with van der Waals surface area (Å²) in [6.07, 6.45) is 5.08. The summed E-state index contributed by atoms with van der Waals surface area (Å²) in [4.78, 5) is 17.9. The van der Waals surface area contributed by atoms with Gasteiger partial charge in [-0.2, -0.15) is 5.10 Å². The van der Waals surface area contributed by atoms with Gasteiger partial charge in [0.05, 0.1) is 6.04 Å². The molecule has 3 rings (SSSR count). The quantitative estimate of drug-likeness (QED) is 0.852. The third-order valence-electron chi connectivity index (χ3n) is 3.77. The lowest BCUT2D eigenvalue weighted by atomic mass is 9.95. The molecule has 1 aliphatic heterocycles. The van der Waals surface area contributed by atoms with Gasteiger partial charge < -0.3 is 10.2 Å². The van der Waals surface area contributed by atoms with Crippen LogP contribution < -0.4 is 5.32 Å². The molecule has 110 valence electrons. The number of benzene rings is 1. The molecule has 1 fully saturated rings. The first-order valence-corrected chi connectivity index (χ1v) is 7.26. The number of hydrogen-bond acceptors (Lipinski definition) is 3. The lowest BCUT2D eigenvalue weighted by Gasteiger charge is -2.41. The highest BCUT2D eigenvalue weighted by atomic mass is 16.2. The summed E-state index contributed by atoms with van der Waals surface area (Å²) in [6.45, 7) is 2.24. The van der Waals surface area contributed by atoms with Gasteiger partial charge in [-0.3, -0.25) is 4.68 Å². The molecule has 6 heteroatoms. The number of urea groups is 1. The number of aryl methyl sites for hydroxylation is 1. The Hall–Kier alpha value is -2.37. The summed E-state index contributed by atoms with van der Waals surface area (Å²) in [5, 5.41) is 7.00. The largest absolute Gasteiger partial charge is 0.338 e. The van der Waals surface area contributed by atoms with E-state index in [9.17, 15) is 4.79 Å². The molecule has 0 saturated carbocycles. The Balaban J connectivity index is 1.43. The Morgan fingerprint density at radius 2 is 2.19 bits per heavy atom. The molecule has 1 aliphatic rings. The van der Waals surface area contributed by atoms with E-state index >= 15 is 0 Å². The fraction of sp³-hybridized carbons (Fsp3) is 0.400. The van der Waals surface area contributed by atoms with Crippen LogP contribution in [0.4, 0.5) is 4.79 Å². The van der Waals surface area contributed by atoms with Gasteiger partial charge in [-0.05, 0) is 18.4 Å². The molecule has 0 bridgehead atoms. The highest BCUT2D eigenvalue weighted by Gasteiger charge is 2.32. The standard InChI is InChI=1S/C15H19N5O/c21-15(17-8-4-9-19-12-16-11-18-19)20-10-7-14(20)13-5-2-1-3-6-13/h1-3,5-6,11-12,14H,4,7-10H2,(H,17,21)/t14-/m0/s1. The SMILES string of the molecule is O=C(NCCCn1cncn1)N1CC[C@H]1c1ccccc1. The van der Waals surface area contributed by atoms with Gasteiger partial charge in [0.1, 0.15) is 12.7 Å². The summed E-state index contributed by atoms with van der Waals surface area (Å²) < 4.78 is 1.77. The van der Waals surface area contributed by atoms with Gasteiger partial charge in [0, 0.05) is 19.6 Å². The third-order valence-corrected chi connectivity index (χ3v) is 3.77.